The number of carboxylic acid groups (broad SMARTS) is 1. The molecule has 17 heavy (non-hydrogen) atoms. The minimum Gasteiger partial charge on any atom is -0.481 e. The van der Waals surface area contributed by atoms with Crippen molar-refractivity contribution in [1.29, 1.82) is 0 Å². The topological polar surface area (TPSA) is 67.2 Å². The third-order valence-corrected chi connectivity index (χ3v) is 2.88. The second-order valence-electron chi connectivity index (χ2n) is 4.30. The predicted molar refractivity (Wildman–Crippen MR) is 67.3 cm³/mol. The largest absolute Gasteiger partial charge is 0.481 e. The maximum Gasteiger partial charge on any atom is 0.303 e. The first kappa shape index (κ1) is 13.5. The van der Waals surface area contributed by atoms with Crippen molar-refractivity contribution >= 4 is 11.7 Å². The first-order valence-corrected chi connectivity index (χ1v) is 5.98. The van der Waals surface area contributed by atoms with Crippen molar-refractivity contribution in [1.82, 2.24) is 9.78 Å². The Labute approximate surface area is 102 Å². The number of aryl methyl sites for hydroxylation is 2. The van der Waals surface area contributed by atoms with Crippen LogP contribution < -0.4 is 5.32 Å². The summed E-state index contributed by atoms with van der Waals surface area (Å²) in [6, 6.07) is 0. The first-order valence-electron chi connectivity index (χ1n) is 5.98. The highest BCUT2D eigenvalue weighted by Gasteiger charge is 2.07. The van der Waals surface area contributed by atoms with Crippen molar-refractivity contribution < 1.29 is 9.90 Å². The summed E-state index contributed by atoms with van der Waals surface area (Å²) in [6.45, 7) is 4.89. The molecule has 5 heteroatoms. The van der Waals surface area contributed by atoms with E-state index in [9.17, 15) is 4.79 Å². The lowest BCUT2D eigenvalue weighted by molar-refractivity contribution is -0.137. The Hall–Kier alpha value is -1.52. The van der Waals surface area contributed by atoms with Gasteiger partial charge in [-0.2, -0.15) is 5.10 Å². The Morgan fingerprint density at radius 2 is 2.06 bits per heavy atom. The van der Waals surface area contributed by atoms with Crippen LogP contribution in [-0.2, 0) is 11.8 Å². The maximum absolute atomic E-state index is 10.3. The highest BCUT2D eigenvalue weighted by Crippen LogP contribution is 2.18. The van der Waals surface area contributed by atoms with Gasteiger partial charge in [0, 0.05) is 20.0 Å². The van der Waals surface area contributed by atoms with Gasteiger partial charge in [-0.15, -0.1) is 0 Å². The van der Waals surface area contributed by atoms with Gasteiger partial charge in [0.25, 0.3) is 0 Å². The summed E-state index contributed by atoms with van der Waals surface area (Å²) < 4.78 is 1.86. The molecule has 0 saturated carbocycles. The zero-order valence-electron chi connectivity index (χ0n) is 10.8. The van der Waals surface area contributed by atoms with Crippen molar-refractivity contribution in [3.63, 3.8) is 0 Å². The number of rotatable bonds is 7. The summed E-state index contributed by atoms with van der Waals surface area (Å²) in [6.07, 6.45) is 2.95. The molecule has 1 aromatic rings. The maximum atomic E-state index is 10.3. The van der Waals surface area contributed by atoms with Crippen molar-refractivity contribution in [2.45, 2.75) is 39.5 Å². The number of hydrogen-bond donors (Lipinski definition) is 2. The van der Waals surface area contributed by atoms with Crippen LogP contribution in [0.2, 0.25) is 0 Å². The first-order chi connectivity index (χ1) is 8.02. The van der Waals surface area contributed by atoms with Crippen molar-refractivity contribution in [2.24, 2.45) is 7.05 Å². The lowest BCUT2D eigenvalue weighted by atomic mass is 10.2. The molecule has 0 radical (unpaired) electrons. The SMILES string of the molecule is Cc1nn(C)c(C)c1NCCCCCC(=O)O. The van der Waals surface area contributed by atoms with Gasteiger partial charge in [0.05, 0.1) is 17.1 Å². The molecule has 0 aliphatic rings. The van der Waals surface area contributed by atoms with Gasteiger partial charge in [-0.3, -0.25) is 9.48 Å². The van der Waals surface area contributed by atoms with E-state index >= 15 is 0 Å². The van der Waals surface area contributed by atoms with Gasteiger partial charge in [0.1, 0.15) is 0 Å². The van der Waals surface area contributed by atoms with Crippen molar-refractivity contribution in [2.75, 3.05) is 11.9 Å². The highest BCUT2D eigenvalue weighted by atomic mass is 16.4. The lowest BCUT2D eigenvalue weighted by Crippen LogP contribution is -2.04. The highest BCUT2D eigenvalue weighted by molar-refractivity contribution is 5.66. The molecule has 0 aliphatic heterocycles. The van der Waals surface area contributed by atoms with Crippen LogP contribution in [0.5, 0.6) is 0 Å². The van der Waals surface area contributed by atoms with Crippen LogP contribution in [0, 0.1) is 13.8 Å². The fourth-order valence-electron chi connectivity index (χ4n) is 1.82. The average Bonchev–Trinajstić information content (AvgIpc) is 2.48. The number of aliphatic carboxylic acids is 1. The van der Waals surface area contributed by atoms with Crippen LogP contribution in [0.15, 0.2) is 0 Å². The van der Waals surface area contributed by atoms with Crippen LogP contribution in [-0.4, -0.2) is 27.4 Å². The Kier molecular flexibility index (Phi) is 5.00. The molecule has 96 valence electrons. The molecule has 0 spiro atoms. The number of nitrogens with zero attached hydrogens (tertiary/aromatic N) is 2. The minimum absolute atomic E-state index is 0.269. The lowest BCUT2D eigenvalue weighted by Gasteiger charge is -2.06. The van der Waals surface area contributed by atoms with Crippen molar-refractivity contribution in [3.8, 4) is 0 Å². The van der Waals surface area contributed by atoms with E-state index in [0.717, 1.165) is 42.9 Å². The minimum atomic E-state index is -0.711. The van der Waals surface area contributed by atoms with E-state index in [1.165, 1.54) is 0 Å². The molecule has 0 aromatic carbocycles. The molecule has 0 unspecified atom stereocenters. The molecule has 1 rings (SSSR count). The van der Waals surface area contributed by atoms with E-state index in [1.807, 2.05) is 25.6 Å². The molecular formula is C12H21N3O2. The van der Waals surface area contributed by atoms with Gasteiger partial charge in [-0.1, -0.05) is 6.42 Å². The van der Waals surface area contributed by atoms with Crippen LogP contribution in [0.4, 0.5) is 5.69 Å². The van der Waals surface area contributed by atoms with E-state index in [0.29, 0.717) is 0 Å². The molecule has 0 bridgehead atoms. The van der Waals surface area contributed by atoms with E-state index in [-0.39, 0.29) is 6.42 Å². The van der Waals surface area contributed by atoms with Crippen molar-refractivity contribution in [3.05, 3.63) is 11.4 Å². The van der Waals surface area contributed by atoms with Gasteiger partial charge in [-0.25, -0.2) is 0 Å². The number of nitrogens with one attached hydrogen (secondary N) is 1. The second kappa shape index (κ2) is 6.27. The normalized spacial score (nSPS) is 10.5. The quantitative estimate of drug-likeness (QED) is 0.715. The molecule has 1 aromatic heterocycles. The molecule has 1 heterocycles. The Bertz CT molecular complexity index is 385. The molecular weight excluding hydrogens is 218 g/mol. The third-order valence-electron chi connectivity index (χ3n) is 2.88. The average molecular weight is 239 g/mol. The predicted octanol–water partition coefficient (Wildman–Crippen LogP) is 2.09. The third kappa shape index (κ3) is 4.09. The molecule has 5 nitrogen and oxygen atoms in total. The molecule has 0 aliphatic carbocycles. The Balaban J connectivity index is 2.24. The van der Waals surface area contributed by atoms with Gasteiger partial charge < -0.3 is 10.4 Å². The van der Waals surface area contributed by atoms with E-state index in [2.05, 4.69) is 10.4 Å². The summed E-state index contributed by atoms with van der Waals surface area (Å²) in [7, 11) is 1.93. The fourth-order valence-corrected chi connectivity index (χ4v) is 1.82. The van der Waals surface area contributed by atoms with Gasteiger partial charge in [0.15, 0.2) is 0 Å². The fraction of sp³-hybridized carbons (Fsp3) is 0.667. The Morgan fingerprint density at radius 1 is 1.35 bits per heavy atom. The summed E-state index contributed by atoms with van der Waals surface area (Å²) in [5.74, 6) is -0.711. The zero-order chi connectivity index (χ0) is 12.8. The summed E-state index contributed by atoms with van der Waals surface area (Å²) >= 11 is 0. The molecule has 0 atom stereocenters. The van der Waals surface area contributed by atoms with E-state index in [4.69, 9.17) is 5.11 Å². The monoisotopic (exact) mass is 239 g/mol. The van der Waals surface area contributed by atoms with Crippen LogP contribution >= 0.6 is 0 Å². The second-order valence-corrected chi connectivity index (χ2v) is 4.30. The van der Waals surface area contributed by atoms with Crippen LogP contribution in [0.1, 0.15) is 37.1 Å². The smallest absolute Gasteiger partial charge is 0.303 e. The van der Waals surface area contributed by atoms with Gasteiger partial charge in [0.2, 0.25) is 0 Å². The standard InChI is InChI=1S/C12H21N3O2/c1-9-12(10(2)15(3)14-9)13-8-6-4-5-7-11(16)17/h13H,4-8H2,1-3H3,(H,16,17). The summed E-state index contributed by atoms with van der Waals surface area (Å²) in [5.41, 5.74) is 3.24. The van der Waals surface area contributed by atoms with Crippen LogP contribution in [0.3, 0.4) is 0 Å². The Morgan fingerprint density at radius 3 is 2.59 bits per heavy atom. The summed E-state index contributed by atoms with van der Waals surface area (Å²) in [5, 5.41) is 16.2. The van der Waals surface area contributed by atoms with Gasteiger partial charge >= 0.3 is 5.97 Å². The number of anilines is 1. The van der Waals surface area contributed by atoms with E-state index < -0.39 is 5.97 Å². The van der Waals surface area contributed by atoms with E-state index in [1.54, 1.807) is 0 Å². The van der Waals surface area contributed by atoms with Gasteiger partial charge in [-0.05, 0) is 26.7 Å². The number of carbonyl (C=O) groups is 1. The number of unbranched alkanes of at least 4 members (excludes halogenated alkanes) is 2. The zero-order valence-corrected chi connectivity index (χ0v) is 10.8. The molecule has 0 amide bonds. The van der Waals surface area contributed by atoms with Crippen LogP contribution in [0.25, 0.3) is 0 Å². The number of carboxylic acids is 1. The number of aromatic nitrogens is 2. The molecule has 0 saturated heterocycles. The number of hydrogen-bond acceptors (Lipinski definition) is 3. The molecule has 0 fully saturated rings. The molecule has 2 N–H and O–H groups in total. The summed E-state index contributed by atoms with van der Waals surface area (Å²) in [4.78, 5) is 10.3.